The maximum absolute atomic E-state index is 11.2. The minimum Gasteiger partial charge on any atom is -0.497 e. The van der Waals surface area contributed by atoms with Gasteiger partial charge in [-0.15, -0.1) is 0 Å². The number of aryl methyl sites for hydroxylation is 1. The highest BCUT2D eigenvalue weighted by Gasteiger charge is 2.25. The summed E-state index contributed by atoms with van der Waals surface area (Å²) in [5.41, 5.74) is 3.79. The van der Waals surface area contributed by atoms with E-state index in [4.69, 9.17) is 9.57 Å². The van der Waals surface area contributed by atoms with Crippen LogP contribution in [0.3, 0.4) is 0 Å². The molecule has 1 saturated heterocycles. The Morgan fingerprint density at radius 1 is 1.24 bits per heavy atom. The van der Waals surface area contributed by atoms with Crippen LogP contribution in [0.1, 0.15) is 29.5 Å². The predicted octanol–water partition coefficient (Wildman–Crippen LogP) is 3.57. The first kappa shape index (κ1) is 20.9. The highest BCUT2D eigenvalue weighted by atomic mass is 16.6. The second-order valence-corrected chi connectivity index (χ2v) is 7.30. The lowest BCUT2D eigenvalue weighted by Gasteiger charge is -2.30. The molecule has 1 aliphatic heterocycles. The molecule has 1 atom stereocenters. The van der Waals surface area contributed by atoms with E-state index in [0.29, 0.717) is 19.7 Å². The minimum absolute atomic E-state index is 0.286. The van der Waals surface area contributed by atoms with E-state index in [-0.39, 0.29) is 5.92 Å². The van der Waals surface area contributed by atoms with Crippen LogP contribution in [0.4, 0.5) is 0 Å². The second kappa shape index (κ2) is 10.1. The standard InChI is InChI=1S/C23H28N2O4/c1-17-7-3-4-11-21(17)22(18-8-5-10-20(15-18)28-2)24-29-14-13-25-12-6-9-19(16-25)23(26)27/h3-5,7-8,10-11,15,19H,6,9,12-14,16H2,1-2H3,(H,26,27)/t19-/m1/s1. The summed E-state index contributed by atoms with van der Waals surface area (Å²) in [6, 6.07) is 15.8. The number of ether oxygens (including phenoxy) is 1. The smallest absolute Gasteiger partial charge is 0.307 e. The summed E-state index contributed by atoms with van der Waals surface area (Å²) < 4.78 is 5.36. The molecule has 0 bridgehead atoms. The van der Waals surface area contributed by atoms with Gasteiger partial charge in [0.2, 0.25) is 0 Å². The number of hydrogen-bond donors (Lipinski definition) is 1. The van der Waals surface area contributed by atoms with Gasteiger partial charge in [0.1, 0.15) is 18.1 Å². The molecule has 29 heavy (non-hydrogen) atoms. The first-order valence-corrected chi connectivity index (χ1v) is 9.94. The molecule has 0 amide bonds. The maximum atomic E-state index is 11.2. The van der Waals surface area contributed by atoms with E-state index >= 15 is 0 Å². The molecule has 3 rings (SSSR count). The lowest BCUT2D eigenvalue weighted by molar-refractivity contribution is -0.143. The van der Waals surface area contributed by atoms with Gasteiger partial charge >= 0.3 is 5.97 Å². The molecule has 1 aliphatic rings. The third kappa shape index (κ3) is 5.57. The van der Waals surface area contributed by atoms with Crippen LogP contribution < -0.4 is 4.74 Å². The van der Waals surface area contributed by atoms with E-state index in [9.17, 15) is 9.90 Å². The van der Waals surface area contributed by atoms with Crippen LogP contribution in [0.2, 0.25) is 0 Å². The normalized spacial score (nSPS) is 17.7. The Balaban J connectivity index is 1.72. The fraction of sp³-hybridized carbons (Fsp3) is 0.391. The van der Waals surface area contributed by atoms with Crippen LogP contribution in [-0.2, 0) is 9.63 Å². The Kier molecular flexibility index (Phi) is 7.25. The summed E-state index contributed by atoms with van der Waals surface area (Å²) in [6.45, 7) is 4.59. The lowest BCUT2D eigenvalue weighted by Crippen LogP contribution is -2.40. The number of methoxy groups -OCH3 is 1. The zero-order chi connectivity index (χ0) is 20.6. The predicted molar refractivity (Wildman–Crippen MR) is 113 cm³/mol. The average Bonchev–Trinajstić information content (AvgIpc) is 2.75. The molecule has 1 fully saturated rings. The number of oxime groups is 1. The van der Waals surface area contributed by atoms with Crippen molar-refractivity contribution < 1.29 is 19.5 Å². The Labute approximate surface area is 171 Å². The zero-order valence-corrected chi connectivity index (χ0v) is 17.0. The number of carbonyl (C=O) groups is 1. The fourth-order valence-electron chi connectivity index (χ4n) is 3.61. The van der Waals surface area contributed by atoms with Crippen molar-refractivity contribution in [3.8, 4) is 5.75 Å². The molecule has 6 nitrogen and oxygen atoms in total. The van der Waals surface area contributed by atoms with E-state index in [1.54, 1.807) is 7.11 Å². The van der Waals surface area contributed by atoms with Crippen LogP contribution in [0.5, 0.6) is 5.75 Å². The summed E-state index contributed by atoms with van der Waals surface area (Å²) >= 11 is 0. The topological polar surface area (TPSA) is 71.4 Å². The number of carboxylic acid groups (broad SMARTS) is 1. The van der Waals surface area contributed by atoms with Gasteiger partial charge in [-0.2, -0.15) is 0 Å². The van der Waals surface area contributed by atoms with Crippen LogP contribution in [0.15, 0.2) is 53.7 Å². The van der Waals surface area contributed by atoms with Crippen molar-refractivity contribution in [1.82, 2.24) is 4.90 Å². The van der Waals surface area contributed by atoms with Gasteiger partial charge in [-0.05, 0) is 44.0 Å². The van der Waals surface area contributed by atoms with Crippen molar-refractivity contribution in [3.63, 3.8) is 0 Å². The quantitative estimate of drug-likeness (QED) is 0.420. The third-order valence-electron chi connectivity index (χ3n) is 5.25. The van der Waals surface area contributed by atoms with E-state index in [0.717, 1.165) is 47.5 Å². The summed E-state index contributed by atoms with van der Waals surface area (Å²) in [5.74, 6) is -0.239. The molecule has 0 unspecified atom stereocenters. The van der Waals surface area contributed by atoms with Gasteiger partial charge < -0.3 is 14.7 Å². The number of rotatable bonds is 8. The first-order chi connectivity index (χ1) is 14.1. The highest BCUT2D eigenvalue weighted by Crippen LogP contribution is 2.20. The monoisotopic (exact) mass is 396 g/mol. The number of nitrogens with zero attached hydrogens (tertiary/aromatic N) is 2. The van der Waals surface area contributed by atoms with E-state index in [1.807, 2.05) is 55.5 Å². The van der Waals surface area contributed by atoms with Gasteiger partial charge in [0, 0.05) is 24.2 Å². The zero-order valence-electron chi connectivity index (χ0n) is 17.0. The van der Waals surface area contributed by atoms with Crippen LogP contribution in [0.25, 0.3) is 0 Å². The molecule has 154 valence electrons. The SMILES string of the molecule is COc1cccc(C(=NOCCN2CCC[C@@H](C(=O)O)C2)c2ccccc2C)c1. The number of piperidine rings is 1. The van der Waals surface area contributed by atoms with Crippen molar-refractivity contribution in [2.45, 2.75) is 19.8 Å². The molecule has 2 aromatic rings. The van der Waals surface area contributed by atoms with E-state index < -0.39 is 5.97 Å². The number of aliphatic carboxylic acids is 1. The van der Waals surface area contributed by atoms with Gasteiger partial charge in [-0.25, -0.2) is 0 Å². The van der Waals surface area contributed by atoms with E-state index in [2.05, 4.69) is 10.1 Å². The van der Waals surface area contributed by atoms with Crippen molar-refractivity contribution in [1.29, 1.82) is 0 Å². The number of carboxylic acids is 1. The molecular formula is C23H28N2O4. The summed E-state index contributed by atoms with van der Waals surface area (Å²) in [4.78, 5) is 19.1. The molecule has 1 N–H and O–H groups in total. The Hall–Kier alpha value is -2.86. The van der Waals surface area contributed by atoms with Gasteiger partial charge in [0.15, 0.2) is 0 Å². The number of likely N-dealkylation sites (tertiary alicyclic amines) is 1. The minimum atomic E-state index is -0.714. The van der Waals surface area contributed by atoms with Crippen molar-refractivity contribution >= 4 is 11.7 Å². The van der Waals surface area contributed by atoms with Crippen molar-refractivity contribution in [2.75, 3.05) is 33.4 Å². The Morgan fingerprint density at radius 2 is 2.07 bits per heavy atom. The Bertz CT molecular complexity index is 865. The van der Waals surface area contributed by atoms with Gasteiger partial charge in [-0.3, -0.25) is 9.69 Å². The molecular weight excluding hydrogens is 368 g/mol. The second-order valence-electron chi connectivity index (χ2n) is 7.30. The number of benzene rings is 2. The third-order valence-corrected chi connectivity index (χ3v) is 5.25. The highest BCUT2D eigenvalue weighted by molar-refractivity contribution is 6.13. The lowest BCUT2D eigenvalue weighted by atomic mass is 9.98. The maximum Gasteiger partial charge on any atom is 0.307 e. The fourth-order valence-corrected chi connectivity index (χ4v) is 3.61. The summed E-state index contributed by atoms with van der Waals surface area (Å²) in [7, 11) is 1.64. The van der Waals surface area contributed by atoms with Crippen molar-refractivity contribution in [3.05, 3.63) is 65.2 Å². The first-order valence-electron chi connectivity index (χ1n) is 9.94. The van der Waals surface area contributed by atoms with E-state index in [1.165, 1.54) is 0 Å². The van der Waals surface area contributed by atoms with Gasteiger partial charge in [0.25, 0.3) is 0 Å². The number of hydrogen-bond acceptors (Lipinski definition) is 5. The van der Waals surface area contributed by atoms with Crippen LogP contribution in [0, 0.1) is 12.8 Å². The average molecular weight is 396 g/mol. The summed E-state index contributed by atoms with van der Waals surface area (Å²) in [6.07, 6.45) is 1.65. The molecule has 1 heterocycles. The van der Waals surface area contributed by atoms with Crippen LogP contribution >= 0.6 is 0 Å². The molecule has 0 spiro atoms. The Morgan fingerprint density at radius 3 is 2.83 bits per heavy atom. The van der Waals surface area contributed by atoms with Crippen LogP contribution in [-0.4, -0.2) is 55.0 Å². The molecule has 2 aromatic carbocycles. The molecule has 0 radical (unpaired) electrons. The molecule has 0 aromatic heterocycles. The summed E-state index contributed by atoms with van der Waals surface area (Å²) in [5, 5.41) is 13.7. The molecule has 0 saturated carbocycles. The van der Waals surface area contributed by atoms with Crippen molar-refractivity contribution in [2.24, 2.45) is 11.1 Å². The van der Waals surface area contributed by atoms with Gasteiger partial charge in [-0.1, -0.05) is 41.6 Å². The largest absolute Gasteiger partial charge is 0.497 e. The molecule has 6 heteroatoms. The van der Waals surface area contributed by atoms with Gasteiger partial charge in [0.05, 0.1) is 13.0 Å². The molecule has 0 aliphatic carbocycles.